The van der Waals surface area contributed by atoms with E-state index < -0.39 is 0 Å². The summed E-state index contributed by atoms with van der Waals surface area (Å²) in [5.41, 5.74) is 1.78. The maximum absolute atomic E-state index is 13.3. The first kappa shape index (κ1) is 28.1. The van der Waals surface area contributed by atoms with Gasteiger partial charge in [-0.2, -0.15) is 0 Å². The van der Waals surface area contributed by atoms with Crippen LogP contribution in [0.1, 0.15) is 6.42 Å². The molecular weight excluding hydrogens is 559 g/mol. The van der Waals surface area contributed by atoms with Crippen LogP contribution in [0.25, 0.3) is 0 Å². The Morgan fingerprint density at radius 2 is 1.38 bits per heavy atom. The van der Waals surface area contributed by atoms with Crippen LogP contribution in [-0.2, 0) is 0 Å². The zero-order chi connectivity index (χ0) is 27.6. The molecule has 0 atom stereocenters. The molecule has 200 valence electrons. The summed E-state index contributed by atoms with van der Waals surface area (Å²) in [7, 11) is 0. The number of nitrogens with zero attached hydrogens (tertiary/aromatic N) is 1. The number of ether oxygens (including phenoxy) is 1. The Balaban J connectivity index is 1.40. The van der Waals surface area contributed by atoms with Crippen LogP contribution >= 0.6 is 34.8 Å². The van der Waals surface area contributed by atoms with Crippen molar-refractivity contribution in [3.8, 4) is 11.5 Å². The van der Waals surface area contributed by atoms with Crippen LogP contribution in [0, 0.1) is 0 Å². The van der Waals surface area contributed by atoms with Gasteiger partial charge in [-0.25, -0.2) is 9.59 Å². The Hall–Kier alpha value is -3.91. The van der Waals surface area contributed by atoms with Crippen LogP contribution in [0.5, 0.6) is 11.5 Å². The molecule has 0 aliphatic carbocycles. The number of amides is 4. The molecule has 3 N–H and O–H groups in total. The van der Waals surface area contributed by atoms with Crippen molar-refractivity contribution in [1.82, 2.24) is 5.32 Å². The smallest absolute Gasteiger partial charge is 0.326 e. The Morgan fingerprint density at radius 1 is 0.718 bits per heavy atom. The van der Waals surface area contributed by atoms with Gasteiger partial charge >= 0.3 is 12.1 Å². The number of halogens is 3. The van der Waals surface area contributed by atoms with Crippen LogP contribution in [0.4, 0.5) is 26.7 Å². The van der Waals surface area contributed by atoms with Gasteiger partial charge in [-0.15, -0.1) is 0 Å². The molecule has 4 aromatic rings. The number of urea groups is 2. The lowest BCUT2D eigenvalue weighted by molar-refractivity contribution is 0.252. The average molecular weight is 584 g/mol. The minimum atomic E-state index is -0.365. The van der Waals surface area contributed by atoms with E-state index in [0.29, 0.717) is 63.1 Å². The summed E-state index contributed by atoms with van der Waals surface area (Å²) in [6.45, 7) is 0.665. The number of anilines is 3. The lowest BCUT2D eigenvalue weighted by Crippen LogP contribution is -2.38. The summed E-state index contributed by atoms with van der Waals surface area (Å²) in [6.07, 6.45) is 0.491. The van der Waals surface area contributed by atoms with E-state index >= 15 is 0 Å². The topological polar surface area (TPSA) is 82.7 Å². The van der Waals surface area contributed by atoms with Gasteiger partial charge in [-0.05, 0) is 85.3 Å². The SMILES string of the molecule is O=C(NCCCN(C(=O)Nc1ccc(Cl)c(Cl)c1)c1ccc(Oc2ccccc2)cc1)Nc1ccc(Cl)cc1. The molecule has 0 radical (unpaired) electrons. The van der Waals surface area contributed by atoms with E-state index in [1.54, 1.807) is 71.6 Å². The molecular formula is C29H25Cl3N4O3. The molecule has 0 aliphatic rings. The van der Waals surface area contributed by atoms with Crippen LogP contribution in [0.15, 0.2) is 97.1 Å². The highest BCUT2D eigenvalue weighted by Gasteiger charge is 2.17. The van der Waals surface area contributed by atoms with Crippen LogP contribution < -0.4 is 25.6 Å². The predicted octanol–water partition coefficient (Wildman–Crippen LogP) is 8.69. The summed E-state index contributed by atoms with van der Waals surface area (Å²) in [5, 5.41) is 9.70. The Kier molecular flexibility index (Phi) is 9.91. The zero-order valence-corrected chi connectivity index (χ0v) is 22.9. The molecule has 0 bridgehead atoms. The van der Waals surface area contributed by atoms with Crippen molar-refractivity contribution in [2.75, 3.05) is 28.6 Å². The number of hydrogen-bond donors (Lipinski definition) is 3. The monoisotopic (exact) mass is 582 g/mol. The lowest BCUT2D eigenvalue weighted by atomic mass is 10.2. The lowest BCUT2D eigenvalue weighted by Gasteiger charge is -2.24. The molecule has 0 unspecified atom stereocenters. The first-order valence-electron chi connectivity index (χ1n) is 12.0. The second kappa shape index (κ2) is 13.8. The fourth-order valence-electron chi connectivity index (χ4n) is 3.58. The van der Waals surface area contributed by atoms with E-state index in [4.69, 9.17) is 39.5 Å². The molecule has 4 amide bonds. The summed E-state index contributed by atoms with van der Waals surface area (Å²) in [4.78, 5) is 27.1. The predicted molar refractivity (Wildman–Crippen MR) is 159 cm³/mol. The van der Waals surface area contributed by atoms with E-state index in [2.05, 4.69) is 16.0 Å². The molecule has 0 saturated heterocycles. The Morgan fingerprint density at radius 3 is 2.08 bits per heavy atom. The van der Waals surface area contributed by atoms with Crippen molar-refractivity contribution in [3.05, 3.63) is 112 Å². The molecule has 0 heterocycles. The highest BCUT2D eigenvalue weighted by molar-refractivity contribution is 6.42. The van der Waals surface area contributed by atoms with Gasteiger partial charge in [0.05, 0.1) is 10.0 Å². The molecule has 4 rings (SSSR count). The van der Waals surface area contributed by atoms with Gasteiger partial charge in [-0.1, -0.05) is 53.0 Å². The molecule has 0 spiro atoms. The van der Waals surface area contributed by atoms with Crippen LogP contribution in [0.2, 0.25) is 15.1 Å². The van der Waals surface area contributed by atoms with E-state index in [1.165, 1.54) is 0 Å². The number of hydrogen-bond acceptors (Lipinski definition) is 3. The number of para-hydroxylation sites is 1. The molecule has 39 heavy (non-hydrogen) atoms. The summed E-state index contributed by atoms with van der Waals surface area (Å²) >= 11 is 18.0. The quantitative estimate of drug-likeness (QED) is 0.172. The van der Waals surface area contributed by atoms with Crippen molar-refractivity contribution in [1.29, 1.82) is 0 Å². The van der Waals surface area contributed by atoms with E-state index in [0.717, 1.165) is 0 Å². The third kappa shape index (κ3) is 8.55. The largest absolute Gasteiger partial charge is 0.457 e. The van der Waals surface area contributed by atoms with Gasteiger partial charge < -0.3 is 20.7 Å². The van der Waals surface area contributed by atoms with E-state index in [-0.39, 0.29) is 12.1 Å². The molecule has 4 aromatic carbocycles. The Bertz CT molecular complexity index is 1400. The van der Waals surface area contributed by atoms with Crippen molar-refractivity contribution in [3.63, 3.8) is 0 Å². The van der Waals surface area contributed by atoms with E-state index in [1.807, 2.05) is 30.3 Å². The van der Waals surface area contributed by atoms with Gasteiger partial charge in [-0.3, -0.25) is 4.90 Å². The van der Waals surface area contributed by atoms with Gasteiger partial charge in [0.1, 0.15) is 11.5 Å². The first-order valence-corrected chi connectivity index (χ1v) is 13.2. The van der Waals surface area contributed by atoms with Crippen molar-refractivity contribution >= 4 is 63.9 Å². The molecule has 0 saturated carbocycles. The van der Waals surface area contributed by atoms with Gasteiger partial charge in [0.2, 0.25) is 0 Å². The van der Waals surface area contributed by atoms with Gasteiger partial charge in [0.15, 0.2) is 0 Å². The second-order valence-electron chi connectivity index (χ2n) is 8.36. The van der Waals surface area contributed by atoms with Crippen molar-refractivity contribution in [2.24, 2.45) is 0 Å². The first-order chi connectivity index (χ1) is 18.9. The third-order valence-corrected chi connectivity index (χ3v) is 6.48. The number of nitrogens with one attached hydrogen (secondary N) is 3. The molecule has 0 aromatic heterocycles. The molecule has 10 heteroatoms. The normalized spacial score (nSPS) is 10.4. The van der Waals surface area contributed by atoms with Gasteiger partial charge in [0.25, 0.3) is 0 Å². The number of carbonyl (C=O) groups is 2. The fourth-order valence-corrected chi connectivity index (χ4v) is 4.00. The molecule has 0 fully saturated rings. The maximum Gasteiger partial charge on any atom is 0.326 e. The van der Waals surface area contributed by atoms with Gasteiger partial charge in [0, 0.05) is 35.2 Å². The maximum atomic E-state index is 13.3. The second-order valence-corrected chi connectivity index (χ2v) is 9.61. The number of benzene rings is 4. The van der Waals surface area contributed by atoms with E-state index in [9.17, 15) is 9.59 Å². The fraction of sp³-hybridized carbons (Fsp3) is 0.103. The Labute approximate surface area is 241 Å². The average Bonchev–Trinajstić information content (AvgIpc) is 2.93. The summed E-state index contributed by atoms with van der Waals surface area (Å²) in [5.74, 6) is 1.35. The van der Waals surface area contributed by atoms with Crippen LogP contribution in [-0.4, -0.2) is 25.2 Å². The standard InChI is InChI=1S/C29H25Cl3N4O3/c30-20-7-9-21(10-8-20)34-28(37)33-17-4-18-36(29(38)35-22-11-16-26(31)27(32)19-22)23-12-14-25(15-13-23)39-24-5-2-1-3-6-24/h1-3,5-16,19H,4,17-18H2,(H,35,38)(H2,33,34,37). The minimum absolute atomic E-state index is 0.327. The zero-order valence-electron chi connectivity index (χ0n) is 20.7. The summed E-state index contributed by atoms with van der Waals surface area (Å²) < 4.78 is 5.87. The van der Waals surface area contributed by atoms with Crippen molar-refractivity contribution < 1.29 is 14.3 Å². The van der Waals surface area contributed by atoms with Crippen LogP contribution in [0.3, 0.4) is 0 Å². The number of carbonyl (C=O) groups excluding carboxylic acids is 2. The number of rotatable bonds is 9. The summed E-state index contributed by atoms with van der Waals surface area (Å²) in [6, 6.07) is 27.6. The molecule has 0 aliphatic heterocycles. The minimum Gasteiger partial charge on any atom is -0.457 e. The third-order valence-electron chi connectivity index (χ3n) is 5.49. The highest BCUT2D eigenvalue weighted by atomic mass is 35.5. The van der Waals surface area contributed by atoms with Crippen molar-refractivity contribution in [2.45, 2.75) is 6.42 Å². The molecule has 7 nitrogen and oxygen atoms in total. The highest BCUT2D eigenvalue weighted by Crippen LogP contribution is 2.27.